The van der Waals surface area contributed by atoms with Crippen molar-refractivity contribution >= 4 is 58.0 Å². The summed E-state index contributed by atoms with van der Waals surface area (Å²) < 4.78 is 22.2. The summed E-state index contributed by atoms with van der Waals surface area (Å²) in [4.78, 5) is 23.7. The third-order valence-corrected chi connectivity index (χ3v) is 5.49. The number of benzene rings is 1. The number of anilines is 1. The molecule has 28 heavy (non-hydrogen) atoms. The number of urea groups is 1. The number of aliphatic imine (C=N–C) groups is 2. The number of methoxy groups -OCH3 is 2. The summed E-state index contributed by atoms with van der Waals surface area (Å²) in [6.07, 6.45) is 1.43. The lowest BCUT2D eigenvalue weighted by Gasteiger charge is -2.35. The molecule has 0 saturated heterocycles. The molecule has 2 amide bonds. The Labute approximate surface area is 176 Å². The second-order valence-corrected chi connectivity index (χ2v) is 7.83. The van der Waals surface area contributed by atoms with Crippen molar-refractivity contribution < 1.29 is 18.8 Å². The fourth-order valence-electron chi connectivity index (χ4n) is 2.67. The summed E-state index contributed by atoms with van der Waals surface area (Å²) in [5.41, 5.74) is 0.975. The summed E-state index contributed by atoms with van der Waals surface area (Å²) in [6, 6.07) is 1.11. The van der Waals surface area contributed by atoms with Gasteiger partial charge in [-0.3, -0.25) is 9.80 Å². The average molecular weight is 447 g/mol. The smallest absolute Gasteiger partial charge is 0.343 e. The number of carbonyl (C=O) groups is 1. The number of rotatable bonds is 4. The van der Waals surface area contributed by atoms with Crippen LogP contribution in [-0.4, -0.2) is 61.4 Å². The maximum absolute atomic E-state index is 13.1. The van der Waals surface area contributed by atoms with Gasteiger partial charge in [-0.15, -0.1) is 0 Å². The second kappa shape index (κ2) is 9.04. The molecule has 1 aliphatic rings. The molecule has 2 rings (SSSR count). The predicted molar refractivity (Wildman–Crippen MR) is 114 cm³/mol. The zero-order chi connectivity index (χ0) is 21.2. The van der Waals surface area contributed by atoms with Crippen molar-refractivity contribution in [1.29, 1.82) is 0 Å². The van der Waals surface area contributed by atoms with E-state index in [-0.39, 0.29) is 27.4 Å². The van der Waals surface area contributed by atoms with Gasteiger partial charge in [0, 0.05) is 24.3 Å². The molecule has 11 heteroatoms. The molecule has 1 aromatic carbocycles. The van der Waals surface area contributed by atoms with Gasteiger partial charge in [-0.2, -0.15) is 4.99 Å². The molecule has 0 aliphatic carbocycles. The molecular weight excluding hydrogens is 427 g/mol. The maximum Gasteiger partial charge on any atom is 0.343 e. The Morgan fingerprint density at radius 1 is 1.29 bits per heavy atom. The average Bonchev–Trinajstić information content (AvgIpc) is 2.65. The van der Waals surface area contributed by atoms with Crippen molar-refractivity contribution in [2.24, 2.45) is 9.98 Å². The summed E-state index contributed by atoms with van der Waals surface area (Å²) in [5.74, 6) is 0.970. The highest BCUT2D eigenvalue weighted by atomic mass is 35.5. The zero-order valence-corrected chi connectivity index (χ0v) is 18.4. The number of ether oxygens (including phenoxy) is 2. The van der Waals surface area contributed by atoms with Crippen molar-refractivity contribution in [3.05, 3.63) is 27.5 Å². The van der Waals surface area contributed by atoms with E-state index in [0.717, 1.165) is 0 Å². The highest BCUT2D eigenvalue weighted by Gasteiger charge is 2.34. The number of hydrogen-bond donors (Lipinski definition) is 0. The fourth-order valence-corrected chi connectivity index (χ4v) is 3.77. The first-order valence-electron chi connectivity index (χ1n) is 7.91. The first-order chi connectivity index (χ1) is 13.2. The standard InChI is InChI=1S/C17H20Cl2N4O4S/c1-9-8-23(14-12(18)10(26-4)7-11(27-5)13(14)19)17(24)22(3)15(9)21-16(20-2)28(6)25/h7H,2,8H2,1,3-6H3/b21-16+. The van der Waals surface area contributed by atoms with Crippen LogP contribution < -0.4 is 14.4 Å². The largest absolute Gasteiger partial charge is 0.609 e. The van der Waals surface area contributed by atoms with E-state index in [0.29, 0.717) is 22.9 Å². The van der Waals surface area contributed by atoms with Crippen molar-refractivity contribution in [3.8, 4) is 11.5 Å². The van der Waals surface area contributed by atoms with Gasteiger partial charge >= 0.3 is 11.2 Å². The molecule has 152 valence electrons. The summed E-state index contributed by atoms with van der Waals surface area (Å²) >= 11 is 11.4. The predicted octanol–water partition coefficient (Wildman–Crippen LogP) is 3.55. The first-order valence-corrected chi connectivity index (χ1v) is 10.2. The molecule has 0 radical (unpaired) electrons. The molecule has 1 aromatic rings. The molecular formula is C17H20Cl2N4O4S. The van der Waals surface area contributed by atoms with Gasteiger partial charge < -0.3 is 14.0 Å². The monoisotopic (exact) mass is 446 g/mol. The third kappa shape index (κ3) is 4.07. The van der Waals surface area contributed by atoms with E-state index in [1.54, 1.807) is 13.0 Å². The molecule has 1 atom stereocenters. The molecule has 0 saturated carbocycles. The zero-order valence-electron chi connectivity index (χ0n) is 16.1. The lowest BCUT2D eigenvalue weighted by molar-refractivity contribution is 0.222. The minimum atomic E-state index is -1.45. The van der Waals surface area contributed by atoms with E-state index in [9.17, 15) is 9.35 Å². The molecule has 0 fully saturated rings. The fraction of sp³-hybridized carbons (Fsp3) is 0.353. The van der Waals surface area contributed by atoms with Gasteiger partial charge in [0.1, 0.15) is 33.6 Å². The molecule has 0 spiro atoms. The van der Waals surface area contributed by atoms with Gasteiger partial charge in [-0.1, -0.05) is 23.2 Å². The Morgan fingerprint density at radius 3 is 2.25 bits per heavy atom. The van der Waals surface area contributed by atoms with Crippen LogP contribution in [0.1, 0.15) is 6.92 Å². The Kier molecular flexibility index (Phi) is 7.22. The van der Waals surface area contributed by atoms with Crippen LogP contribution in [0, 0.1) is 0 Å². The van der Waals surface area contributed by atoms with Crippen LogP contribution in [0.25, 0.3) is 0 Å². The summed E-state index contributed by atoms with van der Waals surface area (Å²) in [5, 5.41) is 0.386. The Morgan fingerprint density at radius 2 is 1.82 bits per heavy atom. The van der Waals surface area contributed by atoms with Crippen LogP contribution in [0.3, 0.4) is 0 Å². The van der Waals surface area contributed by atoms with Crippen LogP contribution in [0.15, 0.2) is 27.4 Å². The van der Waals surface area contributed by atoms with Crippen molar-refractivity contribution in [1.82, 2.24) is 4.90 Å². The topological polar surface area (TPSA) is 89.8 Å². The van der Waals surface area contributed by atoms with Crippen LogP contribution in [0.5, 0.6) is 11.5 Å². The lowest BCUT2D eigenvalue weighted by Crippen LogP contribution is -2.46. The molecule has 1 aliphatic heterocycles. The van der Waals surface area contributed by atoms with Crippen molar-refractivity contribution in [2.45, 2.75) is 6.92 Å². The van der Waals surface area contributed by atoms with E-state index in [2.05, 4.69) is 16.7 Å². The second-order valence-electron chi connectivity index (χ2n) is 5.80. The molecule has 8 nitrogen and oxygen atoms in total. The van der Waals surface area contributed by atoms with Crippen LogP contribution in [-0.2, 0) is 11.2 Å². The van der Waals surface area contributed by atoms with Crippen LogP contribution in [0.4, 0.5) is 10.5 Å². The van der Waals surface area contributed by atoms with Gasteiger partial charge in [-0.05, 0) is 19.2 Å². The Balaban J connectivity index is 2.61. The number of halogens is 2. The van der Waals surface area contributed by atoms with Gasteiger partial charge in [0.25, 0.3) is 0 Å². The molecule has 0 aromatic heterocycles. The normalized spacial score (nSPS) is 16.4. The Hall–Kier alpha value is -1.94. The first kappa shape index (κ1) is 22.4. The highest BCUT2D eigenvalue weighted by Crippen LogP contribution is 2.47. The number of hydrogen-bond acceptors (Lipinski definition) is 5. The van der Waals surface area contributed by atoms with E-state index in [1.165, 1.54) is 37.3 Å². The maximum atomic E-state index is 13.1. The van der Waals surface area contributed by atoms with E-state index in [4.69, 9.17) is 32.7 Å². The number of carbonyl (C=O) groups excluding carboxylic acids is 1. The SMILES string of the molecule is C=N/C(=N\C1=C(C)CN(c2c(Cl)c(OC)cc(OC)c2Cl)C(=O)N1C)[S+](C)[O-]. The van der Waals surface area contributed by atoms with Crippen molar-refractivity contribution in [3.63, 3.8) is 0 Å². The summed E-state index contributed by atoms with van der Waals surface area (Å²) in [6.45, 7) is 5.30. The summed E-state index contributed by atoms with van der Waals surface area (Å²) in [7, 11) is 4.44. The van der Waals surface area contributed by atoms with E-state index >= 15 is 0 Å². The third-order valence-electron chi connectivity index (χ3n) is 4.03. The molecule has 0 bridgehead atoms. The van der Waals surface area contributed by atoms with Gasteiger partial charge in [0.05, 0.1) is 26.5 Å². The lowest BCUT2D eigenvalue weighted by atomic mass is 10.2. The molecule has 1 heterocycles. The number of amidine groups is 1. The molecule has 1 unspecified atom stereocenters. The Bertz CT molecular complexity index is 845. The minimum Gasteiger partial charge on any atom is -0.609 e. The molecule has 0 N–H and O–H groups in total. The quantitative estimate of drug-likeness (QED) is 0.401. The number of nitrogens with zero attached hydrogens (tertiary/aromatic N) is 4. The van der Waals surface area contributed by atoms with Gasteiger partial charge in [0.15, 0.2) is 0 Å². The van der Waals surface area contributed by atoms with E-state index < -0.39 is 17.2 Å². The minimum absolute atomic E-state index is 0.0292. The van der Waals surface area contributed by atoms with E-state index in [1.807, 2.05) is 0 Å². The van der Waals surface area contributed by atoms with Crippen LogP contribution >= 0.6 is 23.2 Å². The van der Waals surface area contributed by atoms with Crippen LogP contribution in [0.2, 0.25) is 10.0 Å². The van der Waals surface area contributed by atoms with Gasteiger partial charge in [0.2, 0.25) is 0 Å². The van der Waals surface area contributed by atoms with Crippen molar-refractivity contribution in [2.75, 3.05) is 39.0 Å². The van der Waals surface area contributed by atoms with Gasteiger partial charge in [-0.25, -0.2) is 9.79 Å². The highest BCUT2D eigenvalue weighted by molar-refractivity contribution is 8.05. The number of amides is 2.